The van der Waals surface area contributed by atoms with Gasteiger partial charge in [-0.05, 0) is 23.8 Å². The van der Waals surface area contributed by atoms with Gasteiger partial charge in [-0.25, -0.2) is 4.39 Å². The van der Waals surface area contributed by atoms with E-state index in [0.29, 0.717) is 18.7 Å². The molecule has 0 saturated heterocycles. The van der Waals surface area contributed by atoms with Crippen molar-refractivity contribution in [2.24, 2.45) is 0 Å². The van der Waals surface area contributed by atoms with Crippen LogP contribution in [-0.4, -0.2) is 25.2 Å². The molecule has 0 aliphatic heterocycles. The van der Waals surface area contributed by atoms with E-state index in [4.69, 9.17) is 4.74 Å². The van der Waals surface area contributed by atoms with Gasteiger partial charge in [0, 0.05) is 36.8 Å². The predicted octanol–water partition coefficient (Wildman–Crippen LogP) is 4.24. The average molecular weight is 352 g/mol. The van der Waals surface area contributed by atoms with E-state index >= 15 is 0 Å². The quantitative estimate of drug-likeness (QED) is 0.739. The van der Waals surface area contributed by atoms with E-state index in [9.17, 15) is 4.39 Å². The number of halogens is 2. The van der Waals surface area contributed by atoms with Gasteiger partial charge in [-0.2, -0.15) is 0 Å². The van der Waals surface area contributed by atoms with Crippen LogP contribution in [0.15, 0.2) is 53.0 Å². The molecule has 0 heterocycles. The van der Waals surface area contributed by atoms with Crippen molar-refractivity contribution in [1.82, 2.24) is 4.90 Å². The van der Waals surface area contributed by atoms with Gasteiger partial charge in [-0.1, -0.05) is 46.3 Å². The number of methoxy groups -OCH3 is 1. The molecule has 0 spiro atoms. The minimum absolute atomic E-state index is 0.173. The molecule has 0 atom stereocenters. The molecule has 0 bridgehead atoms. The molecule has 2 aromatic carbocycles. The largest absolute Gasteiger partial charge is 0.383 e. The van der Waals surface area contributed by atoms with E-state index in [-0.39, 0.29) is 5.82 Å². The van der Waals surface area contributed by atoms with Crippen LogP contribution >= 0.6 is 15.9 Å². The van der Waals surface area contributed by atoms with Crippen molar-refractivity contribution in [1.29, 1.82) is 0 Å². The molecule has 0 aliphatic rings. The van der Waals surface area contributed by atoms with Crippen LogP contribution in [0.25, 0.3) is 0 Å². The summed E-state index contributed by atoms with van der Waals surface area (Å²) in [7, 11) is 1.68. The van der Waals surface area contributed by atoms with Crippen LogP contribution in [0.2, 0.25) is 0 Å². The SMILES string of the molecule is COCCN(Cc1ccccc1)Cc1cc(Br)ccc1F. The van der Waals surface area contributed by atoms with Crippen molar-refractivity contribution >= 4 is 15.9 Å². The third kappa shape index (κ3) is 5.23. The lowest BCUT2D eigenvalue weighted by atomic mass is 10.1. The van der Waals surface area contributed by atoms with E-state index < -0.39 is 0 Å². The van der Waals surface area contributed by atoms with E-state index in [1.54, 1.807) is 13.2 Å². The average Bonchev–Trinajstić information content (AvgIpc) is 2.49. The van der Waals surface area contributed by atoms with Crippen molar-refractivity contribution in [2.75, 3.05) is 20.3 Å². The minimum atomic E-state index is -0.173. The van der Waals surface area contributed by atoms with Gasteiger partial charge in [0.25, 0.3) is 0 Å². The second-order valence-electron chi connectivity index (χ2n) is 4.92. The number of rotatable bonds is 7. The standard InChI is InChI=1S/C17H19BrFNO/c1-21-10-9-20(12-14-5-3-2-4-6-14)13-15-11-16(18)7-8-17(15)19/h2-8,11H,9-10,12-13H2,1H3. The summed E-state index contributed by atoms with van der Waals surface area (Å²) in [4.78, 5) is 2.18. The van der Waals surface area contributed by atoms with Crippen molar-refractivity contribution in [3.63, 3.8) is 0 Å². The van der Waals surface area contributed by atoms with Crippen LogP contribution in [0.4, 0.5) is 4.39 Å². The highest BCUT2D eigenvalue weighted by molar-refractivity contribution is 9.10. The molecule has 0 radical (unpaired) electrons. The molecule has 0 amide bonds. The number of nitrogens with zero attached hydrogens (tertiary/aromatic N) is 1. The fourth-order valence-corrected chi connectivity index (χ4v) is 2.59. The fourth-order valence-electron chi connectivity index (χ4n) is 2.18. The van der Waals surface area contributed by atoms with Crippen molar-refractivity contribution in [3.8, 4) is 0 Å². The van der Waals surface area contributed by atoms with Crippen LogP contribution in [0.5, 0.6) is 0 Å². The molecule has 0 N–H and O–H groups in total. The second kappa shape index (κ2) is 8.27. The summed E-state index contributed by atoms with van der Waals surface area (Å²) in [6, 6.07) is 15.2. The van der Waals surface area contributed by atoms with Crippen molar-refractivity contribution < 1.29 is 9.13 Å². The maximum Gasteiger partial charge on any atom is 0.127 e. The third-order valence-corrected chi connectivity index (χ3v) is 3.76. The molecule has 2 nitrogen and oxygen atoms in total. The van der Waals surface area contributed by atoms with Gasteiger partial charge in [0.15, 0.2) is 0 Å². The minimum Gasteiger partial charge on any atom is -0.383 e. The lowest BCUT2D eigenvalue weighted by molar-refractivity contribution is 0.139. The topological polar surface area (TPSA) is 12.5 Å². The second-order valence-corrected chi connectivity index (χ2v) is 5.84. The van der Waals surface area contributed by atoms with Gasteiger partial charge in [0.1, 0.15) is 5.82 Å². The summed E-state index contributed by atoms with van der Waals surface area (Å²) in [6.45, 7) is 2.72. The monoisotopic (exact) mass is 351 g/mol. The Labute approximate surface area is 133 Å². The zero-order valence-corrected chi connectivity index (χ0v) is 13.6. The molecule has 0 aliphatic carbocycles. The first-order chi connectivity index (χ1) is 10.2. The summed E-state index contributed by atoms with van der Waals surface area (Å²) in [5.41, 5.74) is 1.90. The molecule has 0 aromatic heterocycles. The first kappa shape index (κ1) is 16.1. The molecule has 0 saturated carbocycles. The van der Waals surface area contributed by atoms with E-state index in [1.165, 1.54) is 11.6 Å². The summed E-state index contributed by atoms with van der Waals surface area (Å²) in [5.74, 6) is -0.173. The molecule has 4 heteroatoms. The van der Waals surface area contributed by atoms with Crippen LogP contribution < -0.4 is 0 Å². The highest BCUT2D eigenvalue weighted by Crippen LogP contribution is 2.18. The van der Waals surface area contributed by atoms with Gasteiger partial charge in [-0.15, -0.1) is 0 Å². The Hall–Kier alpha value is -1.23. The zero-order chi connectivity index (χ0) is 15.1. The summed E-state index contributed by atoms with van der Waals surface area (Å²) in [6.07, 6.45) is 0. The van der Waals surface area contributed by atoms with Crippen LogP contribution in [0, 0.1) is 5.82 Å². The molecule has 0 fully saturated rings. The first-order valence-electron chi connectivity index (χ1n) is 6.88. The molecular weight excluding hydrogens is 333 g/mol. The highest BCUT2D eigenvalue weighted by atomic mass is 79.9. The number of hydrogen-bond acceptors (Lipinski definition) is 2. The van der Waals surface area contributed by atoms with Crippen molar-refractivity contribution in [3.05, 3.63) is 69.9 Å². The van der Waals surface area contributed by atoms with Gasteiger partial charge in [0.05, 0.1) is 6.61 Å². The summed E-state index contributed by atoms with van der Waals surface area (Å²) >= 11 is 3.40. The third-order valence-electron chi connectivity index (χ3n) is 3.26. The van der Waals surface area contributed by atoms with Gasteiger partial charge < -0.3 is 4.74 Å². The van der Waals surface area contributed by atoms with Gasteiger partial charge >= 0.3 is 0 Å². The Balaban J connectivity index is 2.10. The van der Waals surface area contributed by atoms with Crippen LogP contribution in [0.1, 0.15) is 11.1 Å². The normalized spacial score (nSPS) is 11.0. The maximum absolute atomic E-state index is 13.9. The molecule has 112 valence electrons. The van der Waals surface area contributed by atoms with Crippen LogP contribution in [-0.2, 0) is 17.8 Å². The first-order valence-corrected chi connectivity index (χ1v) is 7.67. The van der Waals surface area contributed by atoms with Gasteiger partial charge in [-0.3, -0.25) is 4.90 Å². The number of ether oxygens (including phenoxy) is 1. The Morgan fingerprint density at radius 3 is 2.57 bits per heavy atom. The molecule has 21 heavy (non-hydrogen) atoms. The maximum atomic E-state index is 13.9. The van der Waals surface area contributed by atoms with E-state index in [0.717, 1.165) is 17.6 Å². The molecule has 2 rings (SSSR count). The van der Waals surface area contributed by atoms with E-state index in [1.807, 2.05) is 24.3 Å². The zero-order valence-electron chi connectivity index (χ0n) is 12.1. The number of benzene rings is 2. The Bertz CT molecular complexity index is 562. The van der Waals surface area contributed by atoms with Crippen molar-refractivity contribution in [2.45, 2.75) is 13.1 Å². The smallest absolute Gasteiger partial charge is 0.127 e. The van der Waals surface area contributed by atoms with Gasteiger partial charge in [0.2, 0.25) is 0 Å². The lowest BCUT2D eigenvalue weighted by Crippen LogP contribution is -2.27. The molecular formula is C17H19BrFNO. The summed E-state index contributed by atoms with van der Waals surface area (Å²) in [5, 5.41) is 0. The lowest BCUT2D eigenvalue weighted by Gasteiger charge is -2.22. The summed E-state index contributed by atoms with van der Waals surface area (Å²) < 4.78 is 20.0. The number of hydrogen-bond donors (Lipinski definition) is 0. The molecule has 0 unspecified atom stereocenters. The molecule has 2 aromatic rings. The highest BCUT2D eigenvalue weighted by Gasteiger charge is 2.10. The Kier molecular flexibility index (Phi) is 6.36. The Morgan fingerprint density at radius 1 is 1.10 bits per heavy atom. The Morgan fingerprint density at radius 2 is 1.86 bits per heavy atom. The van der Waals surface area contributed by atoms with E-state index in [2.05, 4.69) is 33.0 Å². The fraction of sp³-hybridized carbons (Fsp3) is 0.294. The predicted molar refractivity (Wildman–Crippen MR) is 86.5 cm³/mol. The van der Waals surface area contributed by atoms with Crippen LogP contribution in [0.3, 0.4) is 0 Å².